The molecular formula is C22H28N2O6. The molecule has 0 aliphatic heterocycles. The number of carbonyl (C=O) groups is 4. The summed E-state index contributed by atoms with van der Waals surface area (Å²) in [6.45, 7) is 4.36. The second kappa shape index (κ2) is 10.7. The van der Waals surface area contributed by atoms with E-state index < -0.39 is 18.1 Å². The number of aliphatic carboxylic acids is 1. The highest BCUT2D eigenvalue weighted by Crippen LogP contribution is 2.33. The number of alkyl carbamates (subject to hydrolysis) is 1. The highest BCUT2D eigenvalue weighted by Gasteiger charge is 2.35. The van der Waals surface area contributed by atoms with Crippen LogP contribution in [0.4, 0.5) is 4.79 Å². The minimum atomic E-state index is -1.17. The zero-order chi connectivity index (χ0) is 22.1. The molecule has 0 unspecified atom stereocenters. The molecule has 1 aromatic carbocycles. The van der Waals surface area contributed by atoms with Gasteiger partial charge in [-0.3, -0.25) is 9.59 Å². The minimum absolute atomic E-state index is 0.0453. The Labute approximate surface area is 175 Å². The second-order valence-electron chi connectivity index (χ2n) is 8.07. The fourth-order valence-electron chi connectivity index (χ4n) is 3.19. The van der Waals surface area contributed by atoms with E-state index in [1.807, 2.05) is 32.0 Å². The number of Topliss-reactive ketones (excluding diaryl/α,β-unsaturated/α-hetero) is 2. The average Bonchev–Trinajstić information content (AvgIpc) is 2.66. The highest BCUT2D eigenvalue weighted by atomic mass is 16.5. The van der Waals surface area contributed by atoms with Gasteiger partial charge in [0.05, 0.1) is 5.57 Å². The zero-order valence-corrected chi connectivity index (χ0v) is 17.3. The fourth-order valence-corrected chi connectivity index (χ4v) is 3.19. The number of carboxylic acids is 1. The molecule has 2 rings (SSSR count). The summed E-state index contributed by atoms with van der Waals surface area (Å²) in [5, 5.41) is 14.6. The topological polar surface area (TPSA) is 122 Å². The number of amides is 1. The van der Waals surface area contributed by atoms with Crippen molar-refractivity contribution in [2.24, 2.45) is 5.41 Å². The highest BCUT2D eigenvalue weighted by molar-refractivity contribution is 6.22. The Hall–Kier alpha value is -3.00. The van der Waals surface area contributed by atoms with Gasteiger partial charge in [-0.2, -0.15) is 0 Å². The maximum absolute atomic E-state index is 12.1. The van der Waals surface area contributed by atoms with Gasteiger partial charge >= 0.3 is 12.1 Å². The Balaban J connectivity index is 1.74. The van der Waals surface area contributed by atoms with Gasteiger partial charge < -0.3 is 20.5 Å². The van der Waals surface area contributed by atoms with Crippen LogP contribution in [0.15, 0.2) is 42.0 Å². The molecule has 8 heteroatoms. The van der Waals surface area contributed by atoms with E-state index in [9.17, 15) is 24.3 Å². The molecule has 3 N–H and O–H groups in total. The first-order valence-electron chi connectivity index (χ1n) is 9.85. The Morgan fingerprint density at radius 3 is 2.40 bits per heavy atom. The largest absolute Gasteiger partial charge is 0.480 e. The van der Waals surface area contributed by atoms with Gasteiger partial charge in [-0.05, 0) is 23.9 Å². The molecule has 1 fully saturated rings. The Morgan fingerprint density at radius 2 is 1.80 bits per heavy atom. The predicted molar refractivity (Wildman–Crippen MR) is 110 cm³/mol. The van der Waals surface area contributed by atoms with E-state index in [4.69, 9.17) is 4.74 Å². The third-order valence-corrected chi connectivity index (χ3v) is 4.74. The lowest BCUT2D eigenvalue weighted by molar-refractivity contribution is -0.139. The molecule has 1 aromatic rings. The molecule has 1 atom stereocenters. The van der Waals surface area contributed by atoms with E-state index in [1.165, 1.54) is 0 Å². The zero-order valence-electron chi connectivity index (χ0n) is 17.3. The molecule has 1 aliphatic carbocycles. The standard InChI is InChI=1S/C22H28N2O6/c1-22(2)12-18(25)16(19(26)13-22)8-10-23-11-9-17(20(27)28)24-21(29)30-14-15-6-4-3-5-7-15/h3-8,17,23H,9-14H2,1-2H3,(H,24,29)(H,27,28)/t17-/m0/s1. The van der Waals surface area contributed by atoms with Crippen molar-refractivity contribution in [1.82, 2.24) is 10.6 Å². The van der Waals surface area contributed by atoms with Gasteiger partial charge in [0.1, 0.15) is 12.6 Å². The average molecular weight is 416 g/mol. The van der Waals surface area contributed by atoms with Crippen LogP contribution >= 0.6 is 0 Å². The number of ketones is 2. The van der Waals surface area contributed by atoms with E-state index in [2.05, 4.69) is 10.6 Å². The van der Waals surface area contributed by atoms with Crippen LogP contribution < -0.4 is 10.6 Å². The molecule has 0 aromatic heterocycles. The molecule has 1 saturated carbocycles. The van der Waals surface area contributed by atoms with Gasteiger partial charge in [-0.25, -0.2) is 9.59 Å². The quantitative estimate of drug-likeness (QED) is 0.321. The molecule has 0 heterocycles. The molecule has 0 bridgehead atoms. The first kappa shape index (κ1) is 23.3. The van der Waals surface area contributed by atoms with E-state index in [0.717, 1.165) is 5.56 Å². The van der Waals surface area contributed by atoms with E-state index in [1.54, 1.807) is 18.2 Å². The number of nitrogens with one attached hydrogen (secondary N) is 2. The predicted octanol–water partition coefficient (Wildman–Crippen LogP) is 2.23. The Bertz CT molecular complexity index is 794. The van der Waals surface area contributed by atoms with Crippen molar-refractivity contribution in [1.29, 1.82) is 0 Å². The second-order valence-corrected chi connectivity index (χ2v) is 8.07. The summed E-state index contributed by atoms with van der Waals surface area (Å²) in [6, 6.07) is 7.94. The molecule has 162 valence electrons. The van der Waals surface area contributed by atoms with Crippen molar-refractivity contribution in [2.45, 2.75) is 45.8 Å². The van der Waals surface area contributed by atoms with E-state index in [0.29, 0.717) is 12.8 Å². The molecule has 0 saturated heterocycles. The van der Waals surface area contributed by atoms with Crippen LogP contribution in [0.3, 0.4) is 0 Å². The van der Waals surface area contributed by atoms with Crippen LogP contribution in [0.2, 0.25) is 0 Å². The first-order valence-corrected chi connectivity index (χ1v) is 9.85. The number of allylic oxidation sites excluding steroid dienone is 1. The first-order chi connectivity index (χ1) is 14.2. The number of ether oxygens (including phenoxy) is 1. The summed E-state index contributed by atoms with van der Waals surface area (Å²) in [4.78, 5) is 47.4. The number of hydrogen-bond donors (Lipinski definition) is 3. The lowest BCUT2D eigenvalue weighted by Crippen LogP contribution is -2.42. The summed E-state index contributed by atoms with van der Waals surface area (Å²) in [5.41, 5.74) is 0.692. The number of rotatable bonds is 9. The van der Waals surface area contributed by atoms with Crippen molar-refractivity contribution in [2.75, 3.05) is 13.1 Å². The molecule has 1 amide bonds. The SMILES string of the molecule is CC1(C)CC(=O)C(=CCNCC[C@H](NC(=O)OCc2ccccc2)C(=O)O)C(=O)C1. The van der Waals surface area contributed by atoms with Crippen molar-refractivity contribution >= 4 is 23.6 Å². The Morgan fingerprint density at radius 1 is 1.17 bits per heavy atom. The summed E-state index contributed by atoms with van der Waals surface area (Å²) in [5.74, 6) is -1.50. The van der Waals surface area contributed by atoms with Crippen LogP contribution in [-0.4, -0.2) is 47.9 Å². The van der Waals surface area contributed by atoms with Gasteiger partial charge in [0.15, 0.2) is 11.6 Å². The number of carboxylic acid groups (broad SMARTS) is 1. The third-order valence-electron chi connectivity index (χ3n) is 4.74. The van der Waals surface area contributed by atoms with Gasteiger partial charge in [-0.1, -0.05) is 50.3 Å². The van der Waals surface area contributed by atoms with Crippen molar-refractivity contribution in [3.8, 4) is 0 Å². The molecule has 0 spiro atoms. The summed E-state index contributed by atoms with van der Waals surface area (Å²) >= 11 is 0. The van der Waals surface area contributed by atoms with Crippen LogP contribution in [0.1, 0.15) is 38.7 Å². The van der Waals surface area contributed by atoms with E-state index >= 15 is 0 Å². The summed E-state index contributed by atoms with van der Waals surface area (Å²) in [6.07, 6.45) is 1.53. The van der Waals surface area contributed by atoms with Crippen molar-refractivity contribution in [3.05, 3.63) is 47.5 Å². The van der Waals surface area contributed by atoms with Crippen molar-refractivity contribution in [3.63, 3.8) is 0 Å². The van der Waals surface area contributed by atoms with Crippen LogP contribution in [0.5, 0.6) is 0 Å². The van der Waals surface area contributed by atoms with Gasteiger partial charge in [0.25, 0.3) is 0 Å². The van der Waals surface area contributed by atoms with Crippen LogP contribution in [0.25, 0.3) is 0 Å². The number of benzene rings is 1. The van der Waals surface area contributed by atoms with Crippen LogP contribution in [-0.2, 0) is 25.7 Å². The maximum atomic E-state index is 12.1. The fraction of sp³-hybridized carbons (Fsp3) is 0.455. The molecular weight excluding hydrogens is 388 g/mol. The lowest BCUT2D eigenvalue weighted by atomic mass is 9.74. The van der Waals surface area contributed by atoms with Crippen molar-refractivity contribution < 1.29 is 29.0 Å². The normalized spacial score (nSPS) is 16.7. The third kappa shape index (κ3) is 7.44. The van der Waals surface area contributed by atoms with Gasteiger partial charge in [-0.15, -0.1) is 0 Å². The van der Waals surface area contributed by atoms with E-state index in [-0.39, 0.29) is 48.7 Å². The summed E-state index contributed by atoms with van der Waals surface area (Å²) in [7, 11) is 0. The lowest BCUT2D eigenvalue weighted by Gasteiger charge is -2.28. The van der Waals surface area contributed by atoms with Gasteiger partial charge in [0.2, 0.25) is 0 Å². The molecule has 1 aliphatic rings. The van der Waals surface area contributed by atoms with Crippen LogP contribution in [0, 0.1) is 5.41 Å². The monoisotopic (exact) mass is 416 g/mol. The smallest absolute Gasteiger partial charge is 0.408 e. The molecule has 0 radical (unpaired) electrons. The number of carbonyl (C=O) groups excluding carboxylic acids is 3. The maximum Gasteiger partial charge on any atom is 0.408 e. The number of hydrogen-bond acceptors (Lipinski definition) is 6. The molecule has 30 heavy (non-hydrogen) atoms. The van der Waals surface area contributed by atoms with Gasteiger partial charge in [0, 0.05) is 19.4 Å². The Kier molecular flexibility index (Phi) is 8.29. The minimum Gasteiger partial charge on any atom is -0.480 e. The molecule has 8 nitrogen and oxygen atoms in total. The summed E-state index contributed by atoms with van der Waals surface area (Å²) < 4.78 is 5.04.